The molecule has 130 valence electrons. The number of rotatable bonds is 3. The molecular formula is C20H13ClF2N2O. The SMILES string of the molecule is NC(=O)c1cccc2c1c1cccc(Cl)c1n2Cc1c(F)cccc1F. The molecule has 0 bridgehead atoms. The van der Waals surface area contributed by atoms with E-state index < -0.39 is 17.5 Å². The average Bonchev–Trinajstić information content (AvgIpc) is 2.93. The van der Waals surface area contributed by atoms with E-state index in [4.69, 9.17) is 17.3 Å². The molecule has 6 heteroatoms. The zero-order valence-corrected chi connectivity index (χ0v) is 14.2. The molecule has 1 heterocycles. The molecule has 2 N–H and O–H groups in total. The van der Waals surface area contributed by atoms with Crippen LogP contribution in [0.1, 0.15) is 15.9 Å². The maximum atomic E-state index is 14.2. The first-order valence-corrected chi connectivity index (χ1v) is 8.29. The van der Waals surface area contributed by atoms with Gasteiger partial charge in [-0.3, -0.25) is 4.79 Å². The van der Waals surface area contributed by atoms with Crippen LogP contribution in [0, 0.1) is 11.6 Å². The van der Waals surface area contributed by atoms with E-state index in [1.807, 2.05) is 6.07 Å². The first-order valence-electron chi connectivity index (χ1n) is 7.91. The van der Waals surface area contributed by atoms with Crippen molar-refractivity contribution in [3.63, 3.8) is 0 Å². The van der Waals surface area contributed by atoms with Gasteiger partial charge in [0.1, 0.15) is 11.6 Å². The Morgan fingerprint density at radius 3 is 2.35 bits per heavy atom. The molecule has 0 unspecified atom stereocenters. The number of para-hydroxylation sites is 1. The molecule has 0 saturated carbocycles. The molecule has 4 aromatic rings. The first-order chi connectivity index (χ1) is 12.5. The summed E-state index contributed by atoms with van der Waals surface area (Å²) in [6, 6.07) is 14.1. The maximum Gasteiger partial charge on any atom is 0.249 e. The van der Waals surface area contributed by atoms with E-state index in [0.717, 1.165) is 0 Å². The summed E-state index contributed by atoms with van der Waals surface area (Å²) in [6.45, 7) is -0.0650. The van der Waals surface area contributed by atoms with Gasteiger partial charge in [0.05, 0.1) is 22.6 Å². The van der Waals surface area contributed by atoms with Crippen LogP contribution in [-0.4, -0.2) is 10.5 Å². The number of fused-ring (bicyclic) bond motifs is 3. The van der Waals surface area contributed by atoms with Crippen LogP contribution < -0.4 is 5.73 Å². The van der Waals surface area contributed by atoms with Gasteiger partial charge in [0.15, 0.2) is 0 Å². The Balaban J connectivity index is 2.11. The summed E-state index contributed by atoms with van der Waals surface area (Å²) in [6.07, 6.45) is 0. The minimum absolute atomic E-state index is 0.0650. The van der Waals surface area contributed by atoms with Crippen LogP contribution in [0.3, 0.4) is 0 Å². The van der Waals surface area contributed by atoms with Crippen LogP contribution in [0.4, 0.5) is 8.78 Å². The van der Waals surface area contributed by atoms with Crippen molar-refractivity contribution in [2.45, 2.75) is 6.54 Å². The number of nitrogens with zero attached hydrogens (tertiary/aromatic N) is 1. The summed E-state index contributed by atoms with van der Waals surface area (Å²) in [5, 5.41) is 1.75. The van der Waals surface area contributed by atoms with E-state index in [-0.39, 0.29) is 12.1 Å². The summed E-state index contributed by atoms with van der Waals surface area (Å²) in [5.74, 6) is -1.86. The number of carbonyl (C=O) groups is 1. The van der Waals surface area contributed by atoms with Crippen molar-refractivity contribution in [3.05, 3.63) is 82.4 Å². The predicted molar refractivity (Wildman–Crippen MR) is 98.4 cm³/mol. The zero-order valence-electron chi connectivity index (χ0n) is 13.5. The Bertz CT molecular complexity index is 1160. The third-order valence-electron chi connectivity index (χ3n) is 4.50. The van der Waals surface area contributed by atoms with Crippen molar-refractivity contribution >= 4 is 39.3 Å². The van der Waals surface area contributed by atoms with Crippen LogP contribution in [0.15, 0.2) is 54.6 Å². The van der Waals surface area contributed by atoms with Crippen LogP contribution in [0.2, 0.25) is 5.02 Å². The van der Waals surface area contributed by atoms with Crippen molar-refractivity contribution in [1.82, 2.24) is 4.57 Å². The Morgan fingerprint density at radius 1 is 1.00 bits per heavy atom. The number of hydrogen-bond acceptors (Lipinski definition) is 1. The van der Waals surface area contributed by atoms with Crippen molar-refractivity contribution in [2.24, 2.45) is 5.73 Å². The molecule has 3 nitrogen and oxygen atoms in total. The lowest BCUT2D eigenvalue weighted by Gasteiger charge is -2.10. The normalized spacial score (nSPS) is 11.3. The standard InChI is InChI=1S/C20H13ClF2N2O/c21-14-6-1-4-11-18-12(20(24)26)5-2-9-17(18)25(19(11)14)10-13-15(22)7-3-8-16(13)23/h1-9H,10H2,(H2,24,26). The lowest BCUT2D eigenvalue weighted by molar-refractivity contribution is 0.100. The molecule has 0 atom stereocenters. The van der Waals surface area contributed by atoms with Gasteiger partial charge in [0.2, 0.25) is 5.91 Å². The molecule has 1 aromatic heterocycles. The van der Waals surface area contributed by atoms with Crippen LogP contribution in [-0.2, 0) is 6.54 Å². The zero-order chi connectivity index (χ0) is 18.4. The molecular weight excluding hydrogens is 358 g/mol. The molecule has 1 amide bonds. The van der Waals surface area contributed by atoms with Gasteiger partial charge in [0.25, 0.3) is 0 Å². The molecule has 0 saturated heterocycles. The van der Waals surface area contributed by atoms with Gasteiger partial charge in [-0.15, -0.1) is 0 Å². The third-order valence-corrected chi connectivity index (χ3v) is 4.81. The van der Waals surface area contributed by atoms with Crippen LogP contribution >= 0.6 is 11.6 Å². The molecule has 3 aromatic carbocycles. The summed E-state index contributed by atoms with van der Waals surface area (Å²) < 4.78 is 30.1. The Labute approximate surface area is 152 Å². The van der Waals surface area contributed by atoms with Crippen molar-refractivity contribution in [3.8, 4) is 0 Å². The number of halogens is 3. The highest BCUT2D eigenvalue weighted by molar-refractivity contribution is 6.37. The minimum atomic E-state index is -0.641. The number of benzene rings is 3. The van der Waals surface area contributed by atoms with Crippen molar-refractivity contribution in [2.75, 3.05) is 0 Å². The number of nitrogens with two attached hydrogens (primary N) is 1. The van der Waals surface area contributed by atoms with Crippen LogP contribution in [0.5, 0.6) is 0 Å². The quantitative estimate of drug-likeness (QED) is 0.549. The lowest BCUT2D eigenvalue weighted by atomic mass is 10.1. The molecule has 0 aliphatic rings. The van der Waals surface area contributed by atoms with Crippen molar-refractivity contribution < 1.29 is 13.6 Å². The molecule has 0 aliphatic heterocycles. The molecule has 0 aliphatic carbocycles. The molecule has 0 radical (unpaired) electrons. The number of carbonyl (C=O) groups excluding carboxylic acids is 1. The third kappa shape index (κ3) is 2.44. The van der Waals surface area contributed by atoms with E-state index in [0.29, 0.717) is 32.4 Å². The van der Waals surface area contributed by atoms with E-state index in [2.05, 4.69) is 0 Å². The Kier molecular flexibility index (Phi) is 3.89. The van der Waals surface area contributed by atoms with Crippen molar-refractivity contribution in [1.29, 1.82) is 0 Å². The second kappa shape index (κ2) is 6.11. The fourth-order valence-corrected chi connectivity index (χ4v) is 3.65. The number of amides is 1. The summed E-state index contributed by atoms with van der Waals surface area (Å²) in [4.78, 5) is 11.9. The molecule has 4 rings (SSSR count). The highest BCUT2D eigenvalue weighted by atomic mass is 35.5. The molecule has 0 fully saturated rings. The topological polar surface area (TPSA) is 48.0 Å². The summed E-state index contributed by atoms with van der Waals surface area (Å²) in [5.41, 5.74) is 7.01. The van der Waals surface area contributed by atoms with Gasteiger partial charge in [-0.2, -0.15) is 0 Å². The first kappa shape index (κ1) is 16.5. The second-order valence-corrected chi connectivity index (χ2v) is 6.39. The van der Waals surface area contributed by atoms with Gasteiger partial charge in [0, 0.05) is 21.9 Å². The predicted octanol–water partition coefficient (Wildman–Crippen LogP) is 4.87. The number of aromatic nitrogens is 1. The smallest absolute Gasteiger partial charge is 0.249 e. The van der Waals surface area contributed by atoms with E-state index in [1.165, 1.54) is 18.2 Å². The maximum absolute atomic E-state index is 14.2. The van der Waals surface area contributed by atoms with Gasteiger partial charge in [-0.1, -0.05) is 35.9 Å². The lowest BCUT2D eigenvalue weighted by Crippen LogP contribution is -2.11. The number of primary amides is 1. The highest BCUT2D eigenvalue weighted by Crippen LogP contribution is 2.36. The minimum Gasteiger partial charge on any atom is -0.366 e. The van der Waals surface area contributed by atoms with E-state index in [9.17, 15) is 13.6 Å². The van der Waals surface area contributed by atoms with E-state index in [1.54, 1.807) is 34.9 Å². The second-order valence-electron chi connectivity index (χ2n) is 5.99. The molecule has 0 spiro atoms. The largest absolute Gasteiger partial charge is 0.366 e. The number of hydrogen-bond donors (Lipinski definition) is 1. The fourth-order valence-electron chi connectivity index (χ4n) is 3.37. The monoisotopic (exact) mass is 370 g/mol. The van der Waals surface area contributed by atoms with Gasteiger partial charge >= 0.3 is 0 Å². The average molecular weight is 371 g/mol. The Morgan fingerprint density at radius 2 is 1.65 bits per heavy atom. The highest BCUT2D eigenvalue weighted by Gasteiger charge is 2.20. The molecule has 26 heavy (non-hydrogen) atoms. The van der Waals surface area contributed by atoms with Gasteiger partial charge < -0.3 is 10.3 Å². The Hall–Kier alpha value is -2.92. The van der Waals surface area contributed by atoms with Gasteiger partial charge in [-0.25, -0.2) is 8.78 Å². The summed E-state index contributed by atoms with van der Waals surface area (Å²) in [7, 11) is 0. The van der Waals surface area contributed by atoms with Gasteiger partial charge in [-0.05, 0) is 30.3 Å². The van der Waals surface area contributed by atoms with Crippen LogP contribution in [0.25, 0.3) is 21.8 Å². The van der Waals surface area contributed by atoms with E-state index >= 15 is 0 Å². The fraction of sp³-hybridized carbons (Fsp3) is 0.0500. The summed E-state index contributed by atoms with van der Waals surface area (Å²) >= 11 is 6.39.